The Balaban J connectivity index is 1.88. The number of benzene rings is 5. The van der Waals surface area contributed by atoms with Gasteiger partial charge in [-0.2, -0.15) is 9.13 Å². The van der Waals surface area contributed by atoms with E-state index in [1.54, 1.807) is 25.1 Å². The molecular weight excluding hydrogens is 532 g/mol. The van der Waals surface area contributed by atoms with Gasteiger partial charge in [-0.05, 0) is 65.1 Å². The van der Waals surface area contributed by atoms with Crippen LogP contribution in [0, 0.1) is 20.8 Å². The maximum atomic E-state index is 9.18. The van der Waals surface area contributed by atoms with Crippen molar-refractivity contribution in [3.8, 4) is 33.6 Å². The molecule has 0 aliphatic heterocycles. The third kappa shape index (κ3) is 5.17. The minimum Gasteiger partial charge on any atom is -0.192 e. The van der Waals surface area contributed by atoms with Crippen molar-refractivity contribution in [2.75, 3.05) is 0 Å². The molecule has 2 nitrogen and oxygen atoms in total. The number of rotatable bonds is 4. The summed E-state index contributed by atoms with van der Waals surface area (Å²) in [6.45, 7) is 18.9. The lowest BCUT2D eigenvalue weighted by atomic mass is 9.78. The fourth-order valence-electron chi connectivity index (χ4n) is 6.17. The van der Waals surface area contributed by atoms with Crippen LogP contribution in [0.1, 0.15) is 82.0 Å². The first kappa shape index (κ1) is 20.5. The van der Waals surface area contributed by atoms with E-state index in [4.69, 9.17) is 11.0 Å². The van der Waals surface area contributed by atoms with E-state index in [1.807, 2.05) is 35.8 Å². The second-order valence-electron chi connectivity index (χ2n) is 13.6. The van der Waals surface area contributed by atoms with Crippen LogP contribution < -0.4 is 4.57 Å². The van der Waals surface area contributed by atoms with E-state index in [2.05, 4.69) is 65.2 Å². The van der Waals surface area contributed by atoms with Crippen LogP contribution >= 0.6 is 0 Å². The normalized spacial score (nSPS) is 15.1. The molecule has 0 saturated carbocycles. The zero-order valence-electron chi connectivity index (χ0n) is 36.1. The lowest BCUT2D eigenvalue weighted by Gasteiger charge is -2.28. The van der Waals surface area contributed by atoms with E-state index in [-0.39, 0.29) is 63.8 Å². The van der Waals surface area contributed by atoms with Crippen LogP contribution in [-0.4, -0.2) is 4.57 Å². The van der Waals surface area contributed by atoms with Crippen molar-refractivity contribution in [2.24, 2.45) is 0 Å². The standard InChI is InChI=1S/C42H45N2/c1-28-17-15-20-32(25-28)35-22-16-21-34(31-18-11-10-12-19-31)40(35)44-30(3)43(37-23-13-14-24-38(37)44)39-27-33(41(4,5)6)26-36(29(39)2)42(7,8)9/h10-27H,1-9H3/q+1/i10D,11D,12D,15D,17D,18D,19D,20D,25D. The molecule has 6 aromatic rings. The molecule has 0 bridgehead atoms. The second-order valence-corrected chi connectivity index (χ2v) is 13.6. The summed E-state index contributed by atoms with van der Waals surface area (Å²) in [5, 5.41) is 0. The van der Waals surface area contributed by atoms with Gasteiger partial charge < -0.3 is 0 Å². The molecule has 44 heavy (non-hydrogen) atoms. The number of nitrogens with zero attached hydrogens (tertiary/aromatic N) is 2. The third-order valence-corrected chi connectivity index (χ3v) is 8.35. The van der Waals surface area contributed by atoms with Crippen molar-refractivity contribution in [1.82, 2.24) is 4.57 Å². The topological polar surface area (TPSA) is 8.81 Å². The monoisotopic (exact) mass is 586 g/mol. The van der Waals surface area contributed by atoms with Crippen LogP contribution in [0.2, 0.25) is 0 Å². The van der Waals surface area contributed by atoms with Crippen molar-refractivity contribution >= 4 is 11.0 Å². The number of fused-ring (bicyclic) bond motifs is 1. The van der Waals surface area contributed by atoms with Gasteiger partial charge in [0.05, 0.1) is 12.3 Å². The van der Waals surface area contributed by atoms with Gasteiger partial charge in [-0.15, -0.1) is 0 Å². The Morgan fingerprint density at radius 3 is 2.02 bits per heavy atom. The SMILES string of the molecule is [2H]c1c([2H])c([2H])c(-c2cccc(-c3c([2H])c([2H])c([2H])c(C)c3[2H])c2-[n+]2c(C)n(-c3cc(C(C)(C)C)cc(C(C)(C)C)c3C)c3ccccc32)c([2H])c1[2H]. The number of imidazole rings is 1. The van der Waals surface area contributed by atoms with Crippen molar-refractivity contribution in [2.45, 2.75) is 73.1 Å². The number of aromatic nitrogens is 2. The molecule has 0 atom stereocenters. The van der Waals surface area contributed by atoms with Gasteiger partial charge in [-0.1, -0.05) is 138 Å². The first-order chi connectivity index (χ1) is 24.6. The lowest BCUT2D eigenvalue weighted by molar-refractivity contribution is -0.574. The van der Waals surface area contributed by atoms with Gasteiger partial charge >= 0.3 is 0 Å². The molecule has 2 heteroatoms. The van der Waals surface area contributed by atoms with E-state index in [0.717, 1.165) is 28.1 Å². The van der Waals surface area contributed by atoms with Gasteiger partial charge in [0.25, 0.3) is 5.82 Å². The quantitative estimate of drug-likeness (QED) is 0.182. The van der Waals surface area contributed by atoms with Crippen molar-refractivity contribution < 1.29 is 16.9 Å². The van der Waals surface area contributed by atoms with Crippen LogP contribution in [0.3, 0.4) is 0 Å². The molecule has 222 valence electrons. The highest BCUT2D eigenvalue weighted by Crippen LogP contribution is 2.38. The molecule has 6 rings (SSSR count). The van der Waals surface area contributed by atoms with Crippen LogP contribution in [0.15, 0.2) is 109 Å². The van der Waals surface area contributed by atoms with Crippen molar-refractivity contribution in [1.29, 1.82) is 0 Å². The van der Waals surface area contributed by atoms with Crippen LogP contribution in [0.5, 0.6) is 0 Å². The number of hydrogen-bond acceptors (Lipinski definition) is 0. The largest absolute Gasteiger partial charge is 0.264 e. The zero-order valence-corrected chi connectivity index (χ0v) is 27.1. The summed E-state index contributed by atoms with van der Waals surface area (Å²) in [4.78, 5) is 0. The Morgan fingerprint density at radius 1 is 0.682 bits per heavy atom. The Bertz CT molecular complexity index is 2350. The molecule has 0 saturated heterocycles. The molecule has 0 spiro atoms. The van der Waals surface area contributed by atoms with E-state index >= 15 is 0 Å². The molecule has 0 aliphatic carbocycles. The smallest absolute Gasteiger partial charge is 0.192 e. The molecule has 0 amide bonds. The maximum Gasteiger partial charge on any atom is 0.264 e. The summed E-state index contributed by atoms with van der Waals surface area (Å²) in [7, 11) is 0. The van der Waals surface area contributed by atoms with Crippen molar-refractivity contribution in [3.05, 3.63) is 137 Å². The molecule has 0 aliphatic rings. The average molecular weight is 587 g/mol. The first-order valence-corrected chi connectivity index (χ1v) is 15.1. The van der Waals surface area contributed by atoms with E-state index in [1.165, 1.54) is 11.1 Å². The Kier molecular flexibility index (Phi) is 5.10. The van der Waals surface area contributed by atoms with Gasteiger partial charge in [0.15, 0.2) is 11.0 Å². The summed E-state index contributed by atoms with van der Waals surface area (Å²) in [6.07, 6.45) is 0. The highest BCUT2D eigenvalue weighted by molar-refractivity contribution is 5.85. The number of para-hydroxylation sites is 3. The predicted octanol–water partition coefficient (Wildman–Crippen LogP) is 10.8. The second kappa shape index (κ2) is 10.9. The zero-order chi connectivity index (χ0) is 39.2. The van der Waals surface area contributed by atoms with Gasteiger partial charge in [0, 0.05) is 23.6 Å². The minimum atomic E-state index is -0.506. The maximum absolute atomic E-state index is 9.18. The van der Waals surface area contributed by atoms with Crippen LogP contribution in [0.4, 0.5) is 0 Å². The summed E-state index contributed by atoms with van der Waals surface area (Å²) >= 11 is 0. The highest BCUT2D eigenvalue weighted by atomic mass is 15.2. The average Bonchev–Trinajstić information content (AvgIpc) is 3.38. The van der Waals surface area contributed by atoms with Gasteiger partial charge in [0.2, 0.25) is 0 Å². The fraction of sp³-hybridized carbons (Fsp3) is 0.262. The number of hydrogen-bond donors (Lipinski definition) is 0. The summed E-state index contributed by atoms with van der Waals surface area (Å²) < 4.78 is 83.0. The first-order valence-electron chi connectivity index (χ1n) is 19.6. The van der Waals surface area contributed by atoms with E-state index < -0.39 is 18.1 Å². The molecule has 1 heterocycles. The fourth-order valence-corrected chi connectivity index (χ4v) is 6.17. The Hall–Kier alpha value is -4.43. The predicted molar refractivity (Wildman–Crippen MR) is 187 cm³/mol. The molecule has 0 N–H and O–H groups in total. The molecular formula is C42H45N2+. The lowest BCUT2D eigenvalue weighted by Crippen LogP contribution is -2.35. The molecule has 0 fully saturated rings. The van der Waals surface area contributed by atoms with E-state index in [0.29, 0.717) is 16.8 Å². The van der Waals surface area contributed by atoms with Crippen LogP contribution in [0.25, 0.3) is 44.7 Å². The summed E-state index contributed by atoms with van der Waals surface area (Å²) in [5.74, 6) is 0.735. The molecule has 0 radical (unpaired) electrons. The van der Waals surface area contributed by atoms with Gasteiger partial charge in [0.1, 0.15) is 11.4 Å². The van der Waals surface area contributed by atoms with Gasteiger partial charge in [-0.25, -0.2) is 0 Å². The molecule has 5 aromatic carbocycles. The van der Waals surface area contributed by atoms with E-state index in [9.17, 15) is 1.37 Å². The summed E-state index contributed by atoms with van der Waals surface area (Å²) in [6, 6.07) is 14.4. The summed E-state index contributed by atoms with van der Waals surface area (Å²) in [5.41, 5.74) is 7.15. The van der Waals surface area contributed by atoms with Gasteiger partial charge in [-0.3, -0.25) is 0 Å². The Labute approximate surface area is 276 Å². The van der Waals surface area contributed by atoms with Crippen molar-refractivity contribution in [3.63, 3.8) is 0 Å². The minimum absolute atomic E-state index is 0.0181. The molecule has 0 unspecified atom stereocenters. The highest BCUT2D eigenvalue weighted by Gasteiger charge is 2.32. The van der Waals surface area contributed by atoms with Crippen LogP contribution in [-0.2, 0) is 10.8 Å². The third-order valence-electron chi connectivity index (χ3n) is 8.35. The Morgan fingerprint density at radius 2 is 1.34 bits per heavy atom. The molecule has 1 aromatic heterocycles.